The van der Waals surface area contributed by atoms with Crippen LogP contribution in [0.4, 0.5) is 8.78 Å². The third-order valence-electron chi connectivity index (χ3n) is 5.35. The van der Waals surface area contributed by atoms with Gasteiger partial charge >= 0.3 is 0 Å². The molecule has 2 N–H and O–H groups in total. The van der Waals surface area contributed by atoms with E-state index in [1.807, 2.05) is 31.2 Å². The molecule has 3 rings (SSSR count). The van der Waals surface area contributed by atoms with E-state index in [9.17, 15) is 18.4 Å². The summed E-state index contributed by atoms with van der Waals surface area (Å²) >= 11 is 0. The molecule has 1 saturated heterocycles. The number of hydrogen-bond acceptors (Lipinski definition) is 3. The van der Waals surface area contributed by atoms with Crippen LogP contribution in [0, 0.1) is 18.6 Å². The van der Waals surface area contributed by atoms with Crippen molar-refractivity contribution in [3.8, 4) is 5.75 Å². The first kappa shape index (κ1) is 19.8. The third-order valence-corrected chi connectivity index (χ3v) is 5.35. The van der Waals surface area contributed by atoms with Crippen molar-refractivity contribution >= 4 is 11.8 Å². The summed E-state index contributed by atoms with van der Waals surface area (Å²) < 4.78 is 31.7. The van der Waals surface area contributed by atoms with Crippen molar-refractivity contribution in [1.29, 1.82) is 0 Å². The molecule has 0 aliphatic carbocycles. The minimum Gasteiger partial charge on any atom is -0.481 e. The predicted molar refractivity (Wildman–Crippen MR) is 99.7 cm³/mol. The molecule has 0 spiro atoms. The number of rotatable bonds is 5. The van der Waals surface area contributed by atoms with Crippen molar-refractivity contribution < 1.29 is 23.1 Å². The lowest BCUT2D eigenvalue weighted by molar-refractivity contribution is -0.137. The first-order chi connectivity index (χ1) is 13.3. The van der Waals surface area contributed by atoms with Gasteiger partial charge in [0.05, 0.1) is 5.41 Å². The summed E-state index contributed by atoms with van der Waals surface area (Å²) in [6.07, 6.45) is 0.813. The number of benzene rings is 2. The zero-order valence-corrected chi connectivity index (χ0v) is 15.6. The van der Waals surface area contributed by atoms with E-state index in [-0.39, 0.29) is 18.3 Å². The minimum atomic E-state index is -0.862. The van der Waals surface area contributed by atoms with Gasteiger partial charge in [-0.2, -0.15) is 0 Å². The SMILES string of the molecule is Cc1ccccc1C1(C(N)=O)CCN(C(=O)COc2ccc(F)cc2F)CC1. The number of piperidine rings is 1. The van der Waals surface area contributed by atoms with Crippen molar-refractivity contribution in [2.75, 3.05) is 19.7 Å². The lowest BCUT2D eigenvalue weighted by Crippen LogP contribution is -2.52. The van der Waals surface area contributed by atoms with Gasteiger partial charge in [0.15, 0.2) is 18.2 Å². The van der Waals surface area contributed by atoms with E-state index in [1.54, 1.807) is 4.90 Å². The van der Waals surface area contributed by atoms with Gasteiger partial charge in [0, 0.05) is 19.2 Å². The van der Waals surface area contributed by atoms with Gasteiger partial charge < -0.3 is 15.4 Å². The van der Waals surface area contributed by atoms with Crippen molar-refractivity contribution in [3.63, 3.8) is 0 Å². The molecule has 1 heterocycles. The Balaban J connectivity index is 1.65. The molecular weight excluding hydrogens is 366 g/mol. The molecule has 0 radical (unpaired) electrons. The highest BCUT2D eigenvalue weighted by molar-refractivity contribution is 5.88. The van der Waals surface area contributed by atoms with E-state index in [0.717, 1.165) is 23.3 Å². The number of likely N-dealkylation sites (tertiary alicyclic amines) is 1. The zero-order chi connectivity index (χ0) is 20.3. The van der Waals surface area contributed by atoms with Crippen LogP contribution in [0.25, 0.3) is 0 Å². The van der Waals surface area contributed by atoms with Crippen molar-refractivity contribution in [2.45, 2.75) is 25.2 Å². The van der Waals surface area contributed by atoms with E-state index >= 15 is 0 Å². The second kappa shape index (κ2) is 7.96. The van der Waals surface area contributed by atoms with E-state index in [4.69, 9.17) is 10.5 Å². The maximum atomic E-state index is 13.6. The van der Waals surface area contributed by atoms with Crippen LogP contribution in [0.1, 0.15) is 24.0 Å². The fourth-order valence-corrected chi connectivity index (χ4v) is 3.72. The molecule has 0 unspecified atom stereocenters. The van der Waals surface area contributed by atoms with Gasteiger partial charge in [0.1, 0.15) is 5.82 Å². The van der Waals surface area contributed by atoms with Crippen LogP contribution in [0.5, 0.6) is 5.75 Å². The Morgan fingerprint density at radius 1 is 1.14 bits per heavy atom. The Morgan fingerprint density at radius 2 is 1.82 bits per heavy atom. The number of nitrogens with zero attached hydrogens (tertiary/aromatic N) is 1. The molecule has 7 heteroatoms. The molecule has 5 nitrogen and oxygen atoms in total. The van der Waals surface area contributed by atoms with Crippen molar-refractivity contribution in [3.05, 3.63) is 65.2 Å². The first-order valence-corrected chi connectivity index (χ1v) is 9.05. The lowest BCUT2D eigenvalue weighted by atomic mass is 9.70. The maximum absolute atomic E-state index is 13.6. The highest BCUT2D eigenvalue weighted by atomic mass is 19.1. The van der Waals surface area contributed by atoms with Crippen LogP contribution in [-0.2, 0) is 15.0 Å². The van der Waals surface area contributed by atoms with Crippen LogP contribution >= 0.6 is 0 Å². The number of carbonyl (C=O) groups is 2. The fraction of sp³-hybridized carbons (Fsp3) is 0.333. The lowest BCUT2D eigenvalue weighted by Gasteiger charge is -2.40. The minimum absolute atomic E-state index is 0.182. The summed E-state index contributed by atoms with van der Waals surface area (Å²) in [6, 6.07) is 10.5. The Hall–Kier alpha value is -2.96. The van der Waals surface area contributed by atoms with Crippen LogP contribution in [0.15, 0.2) is 42.5 Å². The van der Waals surface area contributed by atoms with E-state index in [1.165, 1.54) is 0 Å². The van der Waals surface area contributed by atoms with Crippen molar-refractivity contribution in [2.24, 2.45) is 5.73 Å². The molecule has 0 atom stereocenters. The molecule has 1 aliphatic rings. The quantitative estimate of drug-likeness (QED) is 0.856. The molecule has 2 amide bonds. The molecule has 2 aromatic carbocycles. The van der Waals surface area contributed by atoms with Crippen molar-refractivity contribution in [1.82, 2.24) is 4.90 Å². The Bertz CT molecular complexity index is 893. The largest absolute Gasteiger partial charge is 0.481 e. The Kier molecular flexibility index (Phi) is 5.63. The van der Waals surface area contributed by atoms with Gasteiger partial charge in [0.2, 0.25) is 5.91 Å². The number of halogens is 2. The third kappa shape index (κ3) is 3.83. The summed E-state index contributed by atoms with van der Waals surface area (Å²) in [5, 5.41) is 0. The standard InChI is InChI=1S/C21H22F2N2O3/c1-14-4-2-3-5-16(14)21(20(24)27)8-10-25(11-9-21)19(26)13-28-18-7-6-15(22)12-17(18)23/h2-7,12H,8-11,13H2,1H3,(H2,24,27). The predicted octanol–water partition coefficient (Wildman–Crippen LogP) is 2.70. The molecule has 2 aromatic rings. The molecule has 1 fully saturated rings. The smallest absolute Gasteiger partial charge is 0.260 e. The highest BCUT2D eigenvalue weighted by Gasteiger charge is 2.43. The van der Waals surface area contributed by atoms with E-state index < -0.39 is 23.0 Å². The fourth-order valence-electron chi connectivity index (χ4n) is 3.72. The van der Waals surface area contributed by atoms with E-state index in [0.29, 0.717) is 32.0 Å². The molecule has 28 heavy (non-hydrogen) atoms. The van der Waals surface area contributed by atoms with Gasteiger partial charge in [0.25, 0.3) is 5.91 Å². The van der Waals surface area contributed by atoms with Gasteiger partial charge in [-0.15, -0.1) is 0 Å². The number of amides is 2. The Labute approximate surface area is 162 Å². The normalized spacial score (nSPS) is 15.9. The number of hydrogen-bond donors (Lipinski definition) is 1. The number of ether oxygens (including phenoxy) is 1. The topological polar surface area (TPSA) is 72.6 Å². The summed E-state index contributed by atoms with van der Waals surface area (Å²) in [6.45, 7) is 2.25. The van der Waals surface area contributed by atoms with Crippen LogP contribution < -0.4 is 10.5 Å². The van der Waals surface area contributed by atoms with E-state index in [2.05, 4.69) is 0 Å². The number of nitrogens with two attached hydrogens (primary N) is 1. The van der Waals surface area contributed by atoms with Crippen LogP contribution in [0.3, 0.4) is 0 Å². The van der Waals surface area contributed by atoms with Crippen LogP contribution in [-0.4, -0.2) is 36.4 Å². The molecule has 0 bridgehead atoms. The second-order valence-electron chi connectivity index (χ2n) is 7.01. The molecule has 0 aromatic heterocycles. The maximum Gasteiger partial charge on any atom is 0.260 e. The molecule has 148 valence electrons. The monoisotopic (exact) mass is 388 g/mol. The van der Waals surface area contributed by atoms with Gasteiger partial charge in [-0.05, 0) is 43.0 Å². The molecular formula is C21H22F2N2O3. The van der Waals surface area contributed by atoms with Gasteiger partial charge in [-0.1, -0.05) is 24.3 Å². The average molecular weight is 388 g/mol. The number of aryl methyl sites for hydroxylation is 1. The molecule has 0 saturated carbocycles. The summed E-state index contributed by atoms with van der Waals surface area (Å²) in [5.41, 5.74) is 6.81. The number of primary amides is 1. The summed E-state index contributed by atoms with van der Waals surface area (Å²) in [7, 11) is 0. The second-order valence-corrected chi connectivity index (χ2v) is 7.01. The first-order valence-electron chi connectivity index (χ1n) is 9.05. The zero-order valence-electron chi connectivity index (χ0n) is 15.6. The Morgan fingerprint density at radius 3 is 2.43 bits per heavy atom. The molecule has 1 aliphatic heterocycles. The summed E-state index contributed by atoms with van der Waals surface area (Å²) in [5.74, 6) is -2.49. The van der Waals surface area contributed by atoms with Crippen LogP contribution in [0.2, 0.25) is 0 Å². The highest BCUT2D eigenvalue weighted by Crippen LogP contribution is 2.37. The number of carbonyl (C=O) groups excluding carboxylic acids is 2. The van der Waals surface area contributed by atoms with Gasteiger partial charge in [-0.3, -0.25) is 9.59 Å². The average Bonchev–Trinajstić information content (AvgIpc) is 2.67. The van der Waals surface area contributed by atoms with Gasteiger partial charge in [-0.25, -0.2) is 8.78 Å². The summed E-state index contributed by atoms with van der Waals surface area (Å²) in [4.78, 5) is 26.3.